The first-order valence-corrected chi connectivity index (χ1v) is 9.38. The van der Waals surface area contributed by atoms with Gasteiger partial charge in [0, 0.05) is 28.8 Å². The lowest BCUT2D eigenvalue weighted by atomic mass is 10.1. The molecule has 9 heteroatoms. The summed E-state index contributed by atoms with van der Waals surface area (Å²) in [6.45, 7) is 4.20. The molecule has 2 heterocycles. The molecular weight excluding hydrogens is 386 g/mol. The smallest absolute Gasteiger partial charge is 0.411 e. The van der Waals surface area contributed by atoms with E-state index in [-0.39, 0.29) is 13.2 Å². The average molecular weight is 405 g/mol. The van der Waals surface area contributed by atoms with Crippen LogP contribution >= 0.6 is 0 Å². The number of aryl methyl sites for hydroxylation is 1. The Morgan fingerprint density at radius 3 is 2.83 bits per heavy atom. The van der Waals surface area contributed by atoms with Gasteiger partial charge in [0.15, 0.2) is 0 Å². The number of nitrogens with one attached hydrogen (secondary N) is 1. The zero-order valence-corrected chi connectivity index (χ0v) is 16.5. The SMILES string of the molecule is CCOC(=O)Nc1ccc2c(Cn3nnc(-c4ccccc4C)n3)cc(=O)oc2c1. The fourth-order valence-electron chi connectivity index (χ4n) is 3.12. The lowest BCUT2D eigenvalue weighted by Gasteiger charge is -2.08. The Kier molecular flexibility index (Phi) is 5.25. The molecule has 4 rings (SSSR count). The van der Waals surface area contributed by atoms with Crippen LogP contribution in [0.2, 0.25) is 0 Å². The van der Waals surface area contributed by atoms with Crippen molar-refractivity contribution >= 4 is 22.7 Å². The molecule has 0 saturated heterocycles. The maximum Gasteiger partial charge on any atom is 0.411 e. The molecule has 0 bridgehead atoms. The van der Waals surface area contributed by atoms with Crippen LogP contribution in [0.25, 0.3) is 22.4 Å². The van der Waals surface area contributed by atoms with Gasteiger partial charge >= 0.3 is 11.7 Å². The van der Waals surface area contributed by atoms with Gasteiger partial charge in [0.2, 0.25) is 5.82 Å². The summed E-state index contributed by atoms with van der Waals surface area (Å²) >= 11 is 0. The number of tetrazole rings is 1. The highest BCUT2D eigenvalue weighted by atomic mass is 16.5. The van der Waals surface area contributed by atoms with Crippen LogP contribution in [0.1, 0.15) is 18.1 Å². The van der Waals surface area contributed by atoms with Crippen molar-refractivity contribution in [3.05, 3.63) is 70.1 Å². The van der Waals surface area contributed by atoms with E-state index in [0.29, 0.717) is 28.0 Å². The first-order chi connectivity index (χ1) is 14.5. The molecule has 2 aromatic heterocycles. The van der Waals surface area contributed by atoms with Crippen LogP contribution in [-0.4, -0.2) is 32.9 Å². The van der Waals surface area contributed by atoms with E-state index >= 15 is 0 Å². The van der Waals surface area contributed by atoms with E-state index in [4.69, 9.17) is 9.15 Å². The van der Waals surface area contributed by atoms with Crippen LogP contribution < -0.4 is 10.9 Å². The molecule has 0 atom stereocenters. The van der Waals surface area contributed by atoms with Crippen molar-refractivity contribution in [2.45, 2.75) is 20.4 Å². The molecule has 0 saturated carbocycles. The average Bonchev–Trinajstić information content (AvgIpc) is 3.16. The summed E-state index contributed by atoms with van der Waals surface area (Å²) in [7, 11) is 0. The quantitative estimate of drug-likeness (QED) is 0.507. The van der Waals surface area contributed by atoms with Gasteiger partial charge in [0.05, 0.1) is 13.2 Å². The van der Waals surface area contributed by atoms with Crippen molar-refractivity contribution in [3.63, 3.8) is 0 Å². The maximum absolute atomic E-state index is 12.1. The van der Waals surface area contributed by atoms with E-state index in [1.807, 2.05) is 31.2 Å². The molecule has 152 valence electrons. The molecule has 0 spiro atoms. The van der Waals surface area contributed by atoms with Crippen molar-refractivity contribution < 1.29 is 13.9 Å². The second kappa shape index (κ2) is 8.16. The Labute approximate surface area is 171 Å². The first kappa shape index (κ1) is 19.3. The Bertz CT molecular complexity index is 1280. The van der Waals surface area contributed by atoms with Crippen LogP contribution in [0.5, 0.6) is 0 Å². The molecule has 1 N–H and O–H groups in total. The Morgan fingerprint density at radius 2 is 2.03 bits per heavy atom. The summed E-state index contributed by atoms with van der Waals surface area (Å²) in [5, 5.41) is 16.0. The summed E-state index contributed by atoms with van der Waals surface area (Å²) < 4.78 is 10.2. The predicted molar refractivity (Wildman–Crippen MR) is 110 cm³/mol. The second-order valence-corrected chi connectivity index (χ2v) is 6.61. The first-order valence-electron chi connectivity index (χ1n) is 9.38. The van der Waals surface area contributed by atoms with E-state index < -0.39 is 11.7 Å². The normalized spacial score (nSPS) is 10.9. The van der Waals surface area contributed by atoms with Gasteiger partial charge in [0.25, 0.3) is 0 Å². The minimum absolute atomic E-state index is 0.242. The third-order valence-corrected chi connectivity index (χ3v) is 4.50. The number of fused-ring (bicyclic) bond motifs is 1. The maximum atomic E-state index is 12.1. The van der Waals surface area contributed by atoms with Crippen LogP contribution in [-0.2, 0) is 11.3 Å². The topological polar surface area (TPSA) is 112 Å². The zero-order chi connectivity index (χ0) is 21.1. The number of hydrogen-bond donors (Lipinski definition) is 1. The lowest BCUT2D eigenvalue weighted by molar-refractivity contribution is 0.168. The summed E-state index contributed by atoms with van der Waals surface area (Å²) in [5.41, 5.74) is 2.91. The zero-order valence-electron chi connectivity index (χ0n) is 16.5. The minimum Gasteiger partial charge on any atom is -0.450 e. The van der Waals surface area contributed by atoms with Gasteiger partial charge in [-0.3, -0.25) is 5.32 Å². The third kappa shape index (κ3) is 4.04. The number of carbonyl (C=O) groups excluding carboxylic acids is 1. The van der Waals surface area contributed by atoms with Gasteiger partial charge in [0.1, 0.15) is 5.58 Å². The second-order valence-electron chi connectivity index (χ2n) is 6.61. The fourth-order valence-corrected chi connectivity index (χ4v) is 3.12. The molecule has 0 aliphatic heterocycles. The van der Waals surface area contributed by atoms with E-state index in [2.05, 4.69) is 20.7 Å². The number of amides is 1. The molecule has 0 aliphatic carbocycles. The summed E-state index contributed by atoms with van der Waals surface area (Å²) in [5.74, 6) is 0.515. The highest BCUT2D eigenvalue weighted by molar-refractivity contribution is 5.90. The Morgan fingerprint density at radius 1 is 1.20 bits per heavy atom. The summed E-state index contributed by atoms with van der Waals surface area (Å²) in [6.07, 6.45) is -0.578. The third-order valence-electron chi connectivity index (χ3n) is 4.50. The van der Waals surface area contributed by atoms with Crippen molar-refractivity contribution in [2.75, 3.05) is 11.9 Å². The van der Waals surface area contributed by atoms with Gasteiger partial charge < -0.3 is 9.15 Å². The molecule has 0 aliphatic rings. The number of aromatic nitrogens is 4. The molecule has 30 heavy (non-hydrogen) atoms. The van der Waals surface area contributed by atoms with Crippen LogP contribution in [0.15, 0.2) is 57.7 Å². The number of benzene rings is 2. The van der Waals surface area contributed by atoms with Crippen LogP contribution in [0.3, 0.4) is 0 Å². The van der Waals surface area contributed by atoms with E-state index in [0.717, 1.165) is 11.1 Å². The van der Waals surface area contributed by atoms with Crippen molar-refractivity contribution in [1.29, 1.82) is 0 Å². The number of anilines is 1. The Hall–Kier alpha value is -4.01. The highest BCUT2D eigenvalue weighted by Gasteiger charge is 2.12. The molecule has 0 radical (unpaired) electrons. The molecule has 0 unspecified atom stereocenters. The standard InChI is InChI=1S/C21H19N5O4/c1-3-29-21(28)22-15-8-9-17-14(10-19(27)30-18(17)11-15)12-26-24-20(23-25-26)16-7-5-4-6-13(16)2/h4-11H,3,12H2,1-2H3,(H,22,28). The molecule has 9 nitrogen and oxygen atoms in total. The van der Waals surface area contributed by atoms with Crippen LogP contribution in [0.4, 0.5) is 10.5 Å². The van der Waals surface area contributed by atoms with Crippen molar-refractivity contribution in [3.8, 4) is 11.4 Å². The van der Waals surface area contributed by atoms with E-state index in [1.54, 1.807) is 25.1 Å². The molecule has 0 fully saturated rings. The predicted octanol–water partition coefficient (Wildman–Crippen LogP) is 3.37. The van der Waals surface area contributed by atoms with Gasteiger partial charge in [-0.1, -0.05) is 24.3 Å². The summed E-state index contributed by atoms with van der Waals surface area (Å²) in [6, 6.07) is 14.2. The molecule has 4 aromatic rings. The minimum atomic E-state index is -0.578. The van der Waals surface area contributed by atoms with E-state index in [9.17, 15) is 9.59 Å². The molecule has 1 amide bonds. The van der Waals surface area contributed by atoms with Crippen molar-refractivity contribution in [1.82, 2.24) is 20.2 Å². The number of carbonyl (C=O) groups is 1. The van der Waals surface area contributed by atoms with E-state index in [1.165, 1.54) is 10.9 Å². The number of hydrogen-bond acceptors (Lipinski definition) is 7. The number of rotatable bonds is 5. The van der Waals surface area contributed by atoms with Crippen molar-refractivity contribution in [2.24, 2.45) is 0 Å². The highest BCUT2D eigenvalue weighted by Crippen LogP contribution is 2.23. The lowest BCUT2D eigenvalue weighted by Crippen LogP contribution is -2.13. The number of nitrogens with zero attached hydrogens (tertiary/aromatic N) is 4. The van der Waals surface area contributed by atoms with Gasteiger partial charge in [-0.05, 0) is 42.3 Å². The largest absolute Gasteiger partial charge is 0.450 e. The van der Waals surface area contributed by atoms with Gasteiger partial charge in [-0.15, -0.1) is 10.2 Å². The molecular formula is C21H19N5O4. The summed E-state index contributed by atoms with van der Waals surface area (Å²) in [4.78, 5) is 25.1. The van der Waals surface area contributed by atoms with Crippen LogP contribution in [0, 0.1) is 6.92 Å². The molecule has 2 aromatic carbocycles. The van der Waals surface area contributed by atoms with Gasteiger partial charge in [-0.2, -0.15) is 4.80 Å². The fraction of sp³-hybridized carbons (Fsp3) is 0.190. The Balaban J connectivity index is 1.64. The number of ether oxygens (including phenoxy) is 1. The van der Waals surface area contributed by atoms with Gasteiger partial charge in [-0.25, -0.2) is 9.59 Å². The monoisotopic (exact) mass is 405 g/mol.